The highest BCUT2D eigenvalue weighted by atomic mass is 19.2. The summed E-state index contributed by atoms with van der Waals surface area (Å²) in [6, 6.07) is 4.50. The standard InChI is InChI=1S/C18H14F3N3O3/c1-27-14-3-2-13(18(26)10-6-22-15(8-25)23-7-10)24-17(14)9-4-11(19)16(21)12(20)5-9/h2-7,18,25-26H,8H2,1H3/t18-/m0/s1. The number of nitrogens with zero attached hydrogens (tertiary/aromatic N) is 3. The molecule has 1 atom stereocenters. The van der Waals surface area contributed by atoms with E-state index in [2.05, 4.69) is 15.0 Å². The van der Waals surface area contributed by atoms with Crippen LogP contribution in [0.5, 0.6) is 5.75 Å². The third-order valence-electron chi connectivity index (χ3n) is 3.82. The van der Waals surface area contributed by atoms with Gasteiger partial charge in [0.1, 0.15) is 24.2 Å². The summed E-state index contributed by atoms with van der Waals surface area (Å²) in [5.74, 6) is -3.95. The van der Waals surface area contributed by atoms with E-state index in [1.165, 1.54) is 31.6 Å². The maximum Gasteiger partial charge on any atom is 0.194 e. The summed E-state index contributed by atoms with van der Waals surface area (Å²) < 4.78 is 45.5. The zero-order valence-electron chi connectivity index (χ0n) is 14.0. The Hall–Kier alpha value is -3.04. The van der Waals surface area contributed by atoms with Crippen molar-refractivity contribution in [3.63, 3.8) is 0 Å². The second-order valence-electron chi connectivity index (χ2n) is 5.53. The van der Waals surface area contributed by atoms with E-state index >= 15 is 0 Å². The highest BCUT2D eigenvalue weighted by Gasteiger charge is 2.19. The van der Waals surface area contributed by atoms with Gasteiger partial charge in [-0.3, -0.25) is 0 Å². The number of pyridine rings is 1. The van der Waals surface area contributed by atoms with Gasteiger partial charge in [0.05, 0.1) is 12.8 Å². The lowest BCUT2D eigenvalue weighted by Crippen LogP contribution is -2.07. The number of rotatable bonds is 5. The van der Waals surface area contributed by atoms with Crippen molar-refractivity contribution in [2.45, 2.75) is 12.7 Å². The van der Waals surface area contributed by atoms with E-state index in [9.17, 15) is 18.3 Å². The largest absolute Gasteiger partial charge is 0.494 e. The van der Waals surface area contributed by atoms with Crippen molar-refractivity contribution in [2.24, 2.45) is 0 Å². The molecule has 3 rings (SSSR count). The first kappa shape index (κ1) is 18.7. The van der Waals surface area contributed by atoms with Gasteiger partial charge in [-0.1, -0.05) is 0 Å². The van der Waals surface area contributed by atoms with Crippen molar-refractivity contribution in [3.05, 3.63) is 71.2 Å². The molecule has 9 heteroatoms. The predicted octanol–water partition coefficient (Wildman–Crippen LogP) is 2.54. The predicted molar refractivity (Wildman–Crippen MR) is 88.1 cm³/mol. The van der Waals surface area contributed by atoms with Crippen LogP contribution in [0.3, 0.4) is 0 Å². The summed E-state index contributed by atoms with van der Waals surface area (Å²) >= 11 is 0. The Kier molecular flexibility index (Phi) is 5.33. The van der Waals surface area contributed by atoms with Crippen molar-refractivity contribution in [1.82, 2.24) is 15.0 Å². The lowest BCUT2D eigenvalue weighted by molar-refractivity contribution is 0.213. The van der Waals surface area contributed by atoms with Gasteiger partial charge in [0.25, 0.3) is 0 Å². The van der Waals surface area contributed by atoms with Crippen LogP contribution in [0.2, 0.25) is 0 Å². The Bertz CT molecular complexity index is 945. The number of aliphatic hydroxyl groups is 2. The zero-order valence-corrected chi connectivity index (χ0v) is 14.0. The van der Waals surface area contributed by atoms with Crippen molar-refractivity contribution in [3.8, 4) is 17.0 Å². The number of hydrogen-bond acceptors (Lipinski definition) is 6. The van der Waals surface area contributed by atoms with Crippen LogP contribution in [0.15, 0.2) is 36.7 Å². The Labute approximate surface area is 151 Å². The number of aromatic nitrogens is 3. The first-order valence-electron chi connectivity index (χ1n) is 7.74. The maximum absolute atomic E-state index is 13.6. The van der Waals surface area contributed by atoms with Gasteiger partial charge in [0, 0.05) is 23.5 Å². The third kappa shape index (κ3) is 3.74. The van der Waals surface area contributed by atoms with Crippen LogP contribution in [0.1, 0.15) is 23.2 Å². The molecule has 0 radical (unpaired) electrons. The van der Waals surface area contributed by atoms with Crippen LogP contribution in [0.25, 0.3) is 11.3 Å². The van der Waals surface area contributed by atoms with E-state index in [0.29, 0.717) is 5.56 Å². The molecule has 0 amide bonds. The Balaban J connectivity index is 2.05. The molecule has 0 spiro atoms. The van der Waals surface area contributed by atoms with E-state index in [4.69, 9.17) is 9.84 Å². The maximum atomic E-state index is 13.6. The fourth-order valence-corrected chi connectivity index (χ4v) is 2.44. The molecule has 0 saturated carbocycles. The van der Waals surface area contributed by atoms with Crippen molar-refractivity contribution < 1.29 is 28.1 Å². The minimum atomic E-state index is -1.59. The second kappa shape index (κ2) is 7.68. The molecule has 3 aromatic rings. The summed E-state index contributed by atoms with van der Waals surface area (Å²) in [4.78, 5) is 12.0. The topological polar surface area (TPSA) is 88.4 Å². The minimum Gasteiger partial charge on any atom is -0.494 e. The Morgan fingerprint density at radius 3 is 2.26 bits per heavy atom. The quantitative estimate of drug-likeness (QED) is 0.665. The number of ether oxygens (including phenoxy) is 1. The first-order valence-corrected chi connectivity index (χ1v) is 7.74. The number of halogens is 3. The summed E-state index contributed by atoms with van der Waals surface area (Å²) in [6.45, 7) is -0.344. The van der Waals surface area contributed by atoms with Gasteiger partial charge in [0.2, 0.25) is 0 Å². The monoisotopic (exact) mass is 377 g/mol. The molecular formula is C18H14F3N3O3. The summed E-state index contributed by atoms with van der Waals surface area (Å²) in [7, 11) is 1.34. The molecule has 1 aromatic carbocycles. The number of aliphatic hydroxyl groups excluding tert-OH is 2. The van der Waals surface area contributed by atoms with Crippen LogP contribution < -0.4 is 4.74 Å². The van der Waals surface area contributed by atoms with Gasteiger partial charge >= 0.3 is 0 Å². The molecule has 140 valence electrons. The van der Waals surface area contributed by atoms with E-state index in [0.717, 1.165) is 12.1 Å². The molecule has 2 N–H and O–H groups in total. The minimum absolute atomic E-state index is 0.0275. The molecule has 2 heterocycles. The number of benzene rings is 1. The second-order valence-corrected chi connectivity index (χ2v) is 5.53. The van der Waals surface area contributed by atoms with Gasteiger partial charge in [-0.05, 0) is 24.3 Å². The number of hydrogen-bond donors (Lipinski definition) is 2. The SMILES string of the molecule is COc1ccc([C@@H](O)c2cnc(CO)nc2)nc1-c1cc(F)c(F)c(F)c1. The van der Waals surface area contributed by atoms with Crippen LogP contribution in [-0.2, 0) is 6.61 Å². The van der Waals surface area contributed by atoms with E-state index in [1.807, 2.05) is 0 Å². The summed E-state index contributed by atoms with van der Waals surface area (Å²) in [6.07, 6.45) is 1.41. The number of methoxy groups -OCH3 is 1. The average Bonchev–Trinajstić information content (AvgIpc) is 2.70. The highest BCUT2D eigenvalue weighted by molar-refractivity contribution is 5.66. The summed E-state index contributed by atoms with van der Waals surface area (Å²) in [5, 5.41) is 19.5. The van der Waals surface area contributed by atoms with E-state index < -0.39 is 23.6 Å². The van der Waals surface area contributed by atoms with Gasteiger partial charge in [-0.15, -0.1) is 0 Å². The van der Waals surface area contributed by atoms with Gasteiger partial charge in [-0.25, -0.2) is 28.1 Å². The van der Waals surface area contributed by atoms with Crippen molar-refractivity contribution >= 4 is 0 Å². The van der Waals surface area contributed by atoms with Crippen LogP contribution in [0, 0.1) is 17.5 Å². The molecule has 0 unspecified atom stereocenters. The molecular weight excluding hydrogens is 363 g/mol. The molecule has 0 aliphatic rings. The van der Waals surface area contributed by atoms with Crippen molar-refractivity contribution in [1.29, 1.82) is 0 Å². The zero-order chi connectivity index (χ0) is 19.6. The van der Waals surface area contributed by atoms with Crippen LogP contribution >= 0.6 is 0 Å². The van der Waals surface area contributed by atoms with Gasteiger partial charge in [-0.2, -0.15) is 0 Å². The fraction of sp³-hybridized carbons (Fsp3) is 0.167. The molecule has 0 aliphatic carbocycles. The van der Waals surface area contributed by atoms with Gasteiger partial charge < -0.3 is 14.9 Å². The molecule has 0 aliphatic heterocycles. The molecule has 6 nitrogen and oxygen atoms in total. The third-order valence-corrected chi connectivity index (χ3v) is 3.82. The fourth-order valence-electron chi connectivity index (χ4n) is 2.44. The molecule has 2 aromatic heterocycles. The highest BCUT2D eigenvalue weighted by Crippen LogP contribution is 2.32. The summed E-state index contributed by atoms with van der Waals surface area (Å²) in [5.41, 5.74) is 0.410. The van der Waals surface area contributed by atoms with Crippen LogP contribution in [-0.4, -0.2) is 32.3 Å². The van der Waals surface area contributed by atoms with Crippen molar-refractivity contribution in [2.75, 3.05) is 7.11 Å². The van der Waals surface area contributed by atoms with E-state index in [-0.39, 0.29) is 35.1 Å². The normalized spacial score (nSPS) is 12.1. The van der Waals surface area contributed by atoms with Crippen LogP contribution in [0.4, 0.5) is 13.2 Å². The average molecular weight is 377 g/mol. The van der Waals surface area contributed by atoms with Gasteiger partial charge in [0.15, 0.2) is 23.3 Å². The Morgan fingerprint density at radius 2 is 1.70 bits per heavy atom. The Morgan fingerprint density at radius 1 is 1.07 bits per heavy atom. The molecule has 0 saturated heterocycles. The lowest BCUT2D eigenvalue weighted by atomic mass is 10.1. The lowest BCUT2D eigenvalue weighted by Gasteiger charge is -2.14. The molecule has 0 fully saturated rings. The first-order chi connectivity index (χ1) is 12.9. The molecule has 27 heavy (non-hydrogen) atoms. The molecule has 0 bridgehead atoms. The van der Waals surface area contributed by atoms with E-state index in [1.54, 1.807) is 0 Å². The smallest absolute Gasteiger partial charge is 0.194 e.